The lowest BCUT2D eigenvalue weighted by atomic mass is 10.1. The third-order valence-corrected chi connectivity index (χ3v) is 6.33. The Balaban J connectivity index is 1.91. The topological polar surface area (TPSA) is 88.4 Å². The Labute approximate surface area is 183 Å². The van der Waals surface area contributed by atoms with E-state index in [2.05, 4.69) is 20.2 Å². The Morgan fingerprint density at radius 2 is 1.84 bits per heavy atom. The molecule has 160 valence electrons. The van der Waals surface area contributed by atoms with Gasteiger partial charge in [0.2, 0.25) is 10.0 Å². The molecule has 10 heteroatoms. The molecule has 0 spiro atoms. The standard InChI is InChI=1S/C21H20FN5O2S2/c1-13-24-25-21-18(23-2)10-14(12-27(13)21)16-11-15(26-31(3,28)29)8-9-19(16)30-20-7-5-4-6-17(20)22/h4-12,23,26H,1-3H3. The number of nitrogens with one attached hydrogen (secondary N) is 2. The zero-order valence-electron chi connectivity index (χ0n) is 17.0. The Morgan fingerprint density at radius 1 is 1.06 bits per heavy atom. The third-order valence-electron chi connectivity index (χ3n) is 4.59. The number of anilines is 2. The van der Waals surface area contributed by atoms with Gasteiger partial charge < -0.3 is 5.32 Å². The summed E-state index contributed by atoms with van der Waals surface area (Å²) in [5.74, 6) is 0.389. The average molecular weight is 458 g/mol. The van der Waals surface area contributed by atoms with Gasteiger partial charge in [0.15, 0.2) is 5.65 Å². The molecular formula is C21H20FN5O2S2. The van der Waals surface area contributed by atoms with E-state index in [1.54, 1.807) is 43.4 Å². The first kappa shape index (κ1) is 21.1. The fraction of sp³-hybridized carbons (Fsp3) is 0.143. The van der Waals surface area contributed by atoms with E-state index in [0.29, 0.717) is 22.1 Å². The van der Waals surface area contributed by atoms with Crippen molar-refractivity contribution >= 4 is 38.8 Å². The molecule has 2 heterocycles. The molecule has 2 N–H and O–H groups in total. The number of aryl methyl sites for hydroxylation is 1. The molecule has 0 radical (unpaired) electrons. The van der Waals surface area contributed by atoms with Crippen LogP contribution in [0, 0.1) is 12.7 Å². The maximum absolute atomic E-state index is 14.3. The number of fused-ring (bicyclic) bond motifs is 1. The molecule has 0 aliphatic carbocycles. The molecule has 0 bridgehead atoms. The third kappa shape index (κ3) is 4.49. The first-order chi connectivity index (χ1) is 14.7. The molecule has 0 fully saturated rings. The van der Waals surface area contributed by atoms with E-state index in [4.69, 9.17) is 0 Å². The minimum Gasteiger partial charge on any atom is -0.385 e. The van der Waals surface area contributed by atoms with Crippen LogP contribution >= 0.6 is 11.8 Å². The molecule has 4 aromatic rings. The normalized spacial score (nSPS) is 11.6. The highest BCUT2D eigenvalue weighted by Gasteiger charge is 2.15. The van der Waals surface area contributed by atoms with Crippen molar-refractivity contribution in [1.82, 2.24) is 14.6 Å². The first-order valence-corrected chi connectivity index (χ1v) is 12.0. The predicted octanol–water partition coefficient (Wildman–Crippen LogP) is 4.41. The Morgan fingerprint density at radius 3 is 2.55 bits per heavy atom. The van der Waals surface area contributed by atoms with Crippen LogP contribution in [0.2, 0.25) is 0 Å². The van der Waals surface area contributed by atoms with Crippen molar-refractivity contribution < 1.29 is 12.8 Å². The molecule has 4 rings (SSSR count). The Bertz CT molecular complexity index is 1390. The summed E-state index contributed by atoms with van der Waals surface area (Å²) in [6.07, 6.45) is 2.98. The van der Waals surface area contributed by atoms with E-state index in [9.17, 15) is 12.8 Å². The molecule has 0 saturated carbocycles. The van der Waals surface area contributed by atoms with Crippen LogP contribution < -0.4 is 10.0 Å². The van der Waals surface area contributed by atoms with Crippen LogP contribution in [0.3, 0.4) is 0 Å². The van der Waals surface area contributed by atoms with Gasteiger partial charge in [-0.3, -0.25) is 9.12 Å². The Hall–Kier alpha value is -3.11. The molecule has 0 aliphatic heterocycles. The second kappa shape index (κ2) is 8.20. The van der Waals surface area contributed by atoms with Gasteiger partial charge in [0.05, 0.1) is 11.9 Å². The fourth-order valence-corrected chi connectivity index (χ4v) is 4.73. The molecular weight excluding hydrogens is 437 g/mol. The van der Waals surface area contributed by atoms with Crippen LogP contribution in [0.25, 0.3) is 16.8 Å². The van der Waals surface area contributed by atoms with Crippen molar-refractivity contribution in [2.24, 2.45) is 0 Å². The van der Waals surface area contributed by atoms with Gasteiger partial charge in [-0.1, -0.05) is 23.9 Å². The summed E-state index contributed by atoms with van der Waals surface area (Å²) < 4.78 is 42.2. The van der Waals surface area contributed by atoms with E-state index in [1.165, 1.54) is 17.8 Å². The molecule has 0 saturated heterocycles. The summed E-state index contributed by atoms with van der Waals surface area (Å²) in [7, 11) is -1.66. The van der Waals surface area contributed by atoms with Gasteiger partial charge in [-0.05, 0) is 48.9 Å². The minimum atomic E-state index is -3.45. The van der Waals surface area contributed by atoms with E-state index < -0.39 is 10.0 Å². The number of hydrogen-bond acceptors (Lipinski definition) is 6. The largest absolute Gasteiger partial charge is 0.385 e. The molecule has 2 aromatic carbocycles. The lowest BCUT2D eigenvalue weighted by Crippen LogP contribution is -2.09. The van der Waals surface area contributed by atoms with Crippen molar-refractivity contribution in [2.75, 3.05) is 23.3 Å². The van der Waals surface area contributed by atoms with Gasteiger partial charge in [0.25, 0.3) is 0 Å². The lowest BCUT2D eigenvalue weighted by molar-refractivity contribution is 0.602. The maximum atomic E-state index is 14.3. The summed E-state index contributed by atoms with van der Waals surface area (Å²) in [4.78, 5) is 1.25. The quantitative estimate of drug-likeness (QED) is 0.446. The van der Waals surface area contributed by atoms with Crippen LogP contribution in [0.15, 0.2) is 64.5 Å². The van der Waals surface area contributed by atoms with Gasteiger partial charge >= 0.3 is 0 Å². The number of benzene rings is 2. The van der Waals surface area contributed by atoms with Crippen LogP contribution in [-0.4, -0.2) is 36.3 Å². The van der Waals surface area contributed by atoms with Gasteiger partial charge in [0.1, 0.15) is 11.6 Å². The number of sulfonamides is 1. The van der Waals surface area contributed by atoms with Gasteiger partial charge in [0, 0.05) is 34.3 Å². The summed E-state index contributed by atoms with van der Waals surface area (Å²) in [5, 5.41) is 11.5. The molecule has 0 aliphatic rings. The zero-order chi connectivity index (χ0) is 22.2. The van der Waals surface area contributed by atoms with E-state index in [-0.39, 0.29) is 5.82 Å². The molecule has 7 nitrogen and oxygen atoms in total. The van der Waals surface area contributed by atoms with Crippen molar-refractivity contribution in [3.63, 3.8) is 0 Å². The highest BCUT2D eigenvalue weighted by molar-refractivity contribution is 7.99. The molecule has 0 unspecified atom stereocenters. The SMILES string of the molecule is CNc1cc(-c2cc(NS(C)(=O)=O)ccc2Sc2ccccc2F)cn2c(C)nnc12. The number of aromatic nitrogens is 3. The Kier molecular flexibility index (Phi) is 5.59. The highest BCUT2D eigenvalue weighted by Crippen LogP contribution is 2.39. The first-order valence-electron chi connectivity index (χ1n) is 9.33. The minimum absolute atomic E-state index is 0.321. The van der Waals surface area contributed by atoms with Crippen molar-refractivity contribution in [3.8, 4) is 11.1 Å². The maximum Gasteiger partial charge on any atom is 0.229 e. The number of nitrogens with zero attached hydrogens (tertiary/aromatic N) is 3. The van der Waals surface area contributed by atoms with Crippen LogP contribution in [0.1, 0.15) is 5.82 Å². The van der Waals surface area contributed by atoms with Crippen LogP contribution in [0.4, 0.5) is 15.8 Å². The highest BCUT2D eigenvalue weighted by atomic mass is 32.2. The average Bonchev–Trinajstić information content (AvgIpc) is 3.10. The summed E-state index contributed by atoms with van der Waals surface area (Å²) in [6, 6.07) is 13.6. The molecule has 0 atom stereocenters. The van der Waals surface area contributed by atoms with E-state index >= 15 is 0 Å². The summed E-state index contributed by atoms with van der Waals surface area (Å²) >= 11 is 1.27. The number of halogens is 1. The van der Waals surface area contributed by atoms with Crippen molar-refractivity contribution in [3.05, 3.63) is 66.4 Å². The smallest absolute Gasteiger partial charge is 0.229 e. The van der Waals surface area contributed by atoms with Gasteiger partial charge in [-0.25, -0.2) is 12.8 Å². The van der Waals surface area contributed by atoms with E-state index in [1.807, 2.05) is 23.6 Å². The van der Waals surface area contributed by atoms with E-state index in [0.717, 1.165) is 28.0 Å². The van der Waals surface area contributed by atoms with Crippen molar-refractivity contribution in [2.45, 2.75) is 16.7 Å². The van der Waals surface area contributed by atoms with Gasteiger partial charge in [-0.15, -0.1) is 10.2 Å². The number of hydrogen-bond donors (Lipinski definition) is 2. The predicted molar refractivity (Wildman–Crippen MR) is 122 cm³/mol. The summed E-state index contributed by atoms with van der Waals surface area (Å²) in [6.45, 7) is 1.85. The van der Waals surface area contributed by atoms with Crippen molar-refractivity contribution in [1.29, 1.82) is 0 Å². The second-order valence-electron chi connectivity index (χ2n) is 6.95. The molecule has 0 amide bonds. The fourth-order valence-electron chi connectivity index (χ4n) is 3.20. The van der Waals surface area contributed by atoms with Crippen LogP contribution in [-0.2, 0) is 10.0 Å². The zero-order valence-corrected chi connectivity index (χ0v) is 18.7. The second-order valence-corrected chi connectivity index (χ2v) is 9.78. The summed E-state index contributed by atoms with van der Waals surface area (Å²) in [5.41, 5.74) is 3.41. The van der Waals surface area contributed by atoms with Gasteiger partial charge in [-0.2, -0.15) is 0 Å². The molecule has 31 heavy (non-hydrogen) atoms. The lowest BCUT2D eigenvalue weighted by Gasteiger charge is -2.15. The number of rotatable bonds is 6. The monoisotopic (exact) mass is 457 g/mol. The van der Waals surface area contributed by atoms with Crippen LogP contribution in [0.5, 0.6) is 0 Å². The molecule has 2 aromatic heterocycles. The number of pyridine rings is 1.